The van der Waals surface area contributed by atoms with Gasteiger partial charge in [-0.15, -0.1) is 0 Å². The van der Waals surface area contributed by atoms with Crippen molar-refractivity contribution >= 4 is 25.8 Å². The van der Waals surface area contributed by atoms with E-state index in [2.05, 4.69) is 21.2 Å². The van der Waals surface area contributed by atoms with Crippen LogP contribution >= 0.6 is 15.9 Å². The molecule has 0 radical (unpaired) electrons. The average Bonchev–Trinajstić information content (AvgIpc) is 2.68. The molecule has 98 valence electrons. The third-order valence-corrected chi connectivity index (χ3v) is 4.91. The molecule has 0 fully saturated rings. The van der Waals surface area contributed by atoms with Gasteiger partial charge in [0.05, 0.1) is 12.9 Å². The molecule has 0 saturated heterocycles. The van der Waals surface area contributed by atoms with Crippen molar-refractivity contribution in [2.24, 2.45) is 0 Å². The average molecular weight is 332 g/mol. The second kappa shape index (κ2) is 5.42. The molecule has 1 aliphatic rings. The molecule has 1 aromatic carbocycles. The molecule has 1 aliphatic heterocycles. The van der Waals surface area contributed by atoms with Crippen LogP contribution in [0.5, 0.6) is 5.75 Å². The van der Waals surface area contributed by atoms with Gasteiger partial charge in [0.2, 0.25) is 0 Å². The van der Waals surface area contributed by atoms with Crippen LogP contribution in [-0.4, -0.2) is 27.3 Å². The summed E-state index contributed by atoms with van der Waals surface area (Å²) in [6.45, 7) is 0.586. The van der Waals surface area contributed by atoms with Crippen LogP contribution in [0.1, 0.15) is 5.56 Å². The van der Waals surface area contributed by atoms with Crippen molar-refractivity contribution in [3.05, 3.63) is 39.7 Å². The van der Waals surface area contributed by atoms with Crippen LogP contribution in [0.4, 0.5) is 0 Å². The topological polar surface area (TPSA) is 55.4 Å². The molecule has 0 aliphatic carbocycles. The quantitative estimate of drug-likeness (QED) is 0.914. The van der Waals surface area contributed by atoms with Crippen LogP contribution in [0.3, 0.4) is 0 Å². The Morgan fingerprint density at radius 3 is 2.89 bits per heavy atom. The normalized spacial score (nSPS) is 21.1. The first-order valence-electron chi connectivity index (χ1n) is 5.47. The maximum Gasteiger partial charge on any atom is 0.173 e. The molecule has 4 nitrogen and oxygen atoms in total. The van der Waals surface area contributed by atoms with Gasteiger partial charge in [0.15, 0.2) is 9.84 Å². The molecular formula is C12H14BrNO3S. The van der Waals surface area contributed by atoms with Crippen molar-refractivity contribution in [1.29, 1.82) is 0 Å². The monoisotopic (exact) mass is 331 g/mol. The molecule has 0 saturated carbocycles. The summed E-state index contributed by atoms with van der Waals surface area (Å²) in [5.41, 5.74) is 1.03. The molecule has 0 spiro atoms. The second-order valence-electron chi connectivity index (χ2n) is 4.10. The Bertz CT molecular complexity index is 569. The molecule has 2 rings (SSSR count). The fraction of sp³-hybridized carbons (Fsp3) is 0.333. The standard InChI is InChI=1S/C12H14BrNO3S/c1-17-11-2-3-12(13)9(6-11)7-14-10-4-5-18(15,16)8-10/h2-6,10,14H,7-8H2,1H3. The highest BCUT2D eigenvalue weighted by atomic mass is 79.9. The lowest BCUT2D eigenvalue weighted by molar-refractivity contribution is 0.414. The van der Waals surface area contributed by atoms with Gasteiger partial charge in [-0.05, 0) is 23.8 Å². The van der Waals surface area contributed by atoms with Crippen molar-refractivity contribution in [2.45, 2.75) is 12.6 Å². The minimum absolute atomic E-state index is 0.117. The van der Waals surface area contributed by atoms with Gasteiger partial charge in [-0.3, -0.25) is 0 Å². The molecule has 18 heavy (non-hydrogen) atoms. The lowest BCUT2D eigenvalue weighted by atomic mass is 10.2. The molecular weight excluding hydrogens is 318 g/mol. The number of hydrogen-bond acceptors (Lipinski definition) is 4. The second-order valence-corrected chi connectivity index (χ2v) is 6.89. The molecule has 1 aromatic rings. The molecule has 1 heterocycles. The zero-order valence-electron chi connectivity index (χ0n) is 9.89. The first-order valence-corrected chi connectivity index (χ1v) is 7.98. The van der Waals surface area contributed by atoms with Crippen LogP contribution in [0.25, 0.3) is 0 Å². The van der Waals surface area contributed by atoms with E-state index in [0.717, 1.165) is 15.8 Å². The van der Waals surface area contributed by atoms with E-state index in [1.807, 2.05) is 18.2 Å². The number of ether oxygens (including phenoxy) is 1. The maximum absolute atomic E-state index is 11.3. The Labute approximate surface area is 115 Å². The number of benzene rings is 1. The summed E-state index contributed by atoms with van der Waals surface area (Å²) in [5, 5.41) is 4.46. The van der Waals surface area contributed by atoms with E-state index in [1.165, 1.54) is 5.41 Å². The molecule has 6 heteroatoms. The fourth-order valence-corrected chi connectivity index (χ4v) is 3.41. The van der Waals surface area contributed by atoms with E-state index in [-0.39, 0.29) is 11.8 Å². The fourth-order valence-electron chi connectivity index (χ4n) is 1.76. The molecule has 0 bridgehead atoms. The lowest BCUT2D eigenvalue weighted by Gasteiger charge is -2.12. The molecule has 1 unspecified atom stereocenters. The van der Waals surface area contributed by atoms with E-state index >= 15 is 0 Å². The van der Waals surface area contributed by atoms with Crippen molar-refractivity contribution in [2.75, 3.05) is 12.9 Å². The number of rotatable bonds is 4. The van der Waals surface area contributed by atoms with Crippen molar-refractivity contribution in [3.8, 4) is 5.75 Å². The summed E-state index contributed by atoms with van der Waals surface area (Å²) in [6.07, 6.45) is 1.68. The highest BCUT2D eigenvalue weighted by Crippen LogP contribution is 2.22. The highest BCUT2D eigenvalue weighted by Gasteiger charge is 2.21. The van der Waals surface area contributed by atoms with Gasteiger partial charge in [-0.25, -0.2) is 8.42 Å². The zero-order chi connectivity index (χ0) is 13.2. The van der Waals surface area contributed by atoms with Gasteiger partial charge in [0.25, 0.3) is 0 Å². The minimum Gasteiger partial charge on any atom is -0.497 e. The van der Waals surface area contributed by atoms with Gasteiger partial charge in [-0.1, -0.05) is 22.0 Å². The minimum atomic E-state index is -3.00. The van der Waals surface area contributed by atoms with Gasteiger partial charge in [0, 0.05) is 22.5 Å². The van der Waals surface area contributed by atoms with E-state index in [1.54, 1.807) is 13.2 Å². The Kier molecular flexibility index (Phi) is 4.09. The van der Waals surface area contributed by atoms with Crippen LogP contribution < -0.4 is 10.1 Å². The maximum atomic E-state index is 11.3. The number of halogens is 1. The smallest absolute Gasteiger partial charge is 0.173 e. The van der Waals surface area contributed by atoms with Crippen LogP contribution in [-0.2, 0) is 16.4 Å². The van der Waals surface area contributed by atoms with Crippen LogP contribution in [0.2, 0.25) is 0 Å². The molecule has 1 atom stereocenters. The molecule has 1 N–H and O–H groups in total. The van der Waals surface area contributed by atoms with E-state index in [0.29, 0.717) is 6.54 Å². The number of methoxy groups -OCH3 is 1. The third kappa shape index (κ3) is 3.34. The van der Waals surface area contributed by atoms with E-state index in [4.69, 9.17) is 4.74 Å². The SMILES string of the molecule is COc1ccc(Br)c(CNC2C=CS(=O)(=O)C2)c1. The summed E-state index contributed by atoms with van der Waals surface area (Å²) < 4.78 is 28.7. The van der Waals surface area contributed by atoms with Crippen molar-refractivity contribution in [3.63, 3.8) is 0 Å². The Hall–Kier alpha value is -0.850. The summed E-state index contributed by atoms with van der Waals surface area (Å²) >= 11 is 3.46. The Balaban J connectivity index is 2.01. The summed E-state index contributed by atoms with van der Waals surface area (Å²) in [7, 11) is -1.38. The van der Waals surface area contributed by atoms with Gasteiger partial charge >= 0.3 is 0 Å². The lowest BCUT2D eigenvalue weighted by Crippen LogP contribution is -2.29. The van der Waals surface area contributed by atoms with Crippen molar-refractivity contribution < 1.29 is 13.2 Å². The summed E-state index contributed by atoms with van der Waals surface area (Å²) in [6, 6.07) is 5.59. The van der Waals surface area contributed by atoms with E-state index in [9.17, 15) is 8.42 Å². The summed E-state index contributed by atoms with van der Waals surface area (Å²) in [4.78, 5) is 0. The molecule has 0 amide bonds. The zero-order valence-corrected chi connectivity index (χ0v) is 12.3. The van der Waals surface area contributed by atoms with E-state index < -0.39 is 9.84 Å². The van der Waals surface area contributed by atoms with Crippen LogP contribution in [0.15, 0.2) is 34.2 Å². The summed E-state index contributed by atoms with van der Waals surface area (Å²) in [5.74, 6) is 0.916. The third-order valence-electron chi connectivity index (χ3n) is 2.74. The largest absolute Gasteiger partial charge is 0.497 e. The Morgan fingerprint density at radius 1 is 1.50 bits per heavy atom. The Morgan fingerprint density at radius 2 is 2.28 bits per heavy atom. The predicted octanol–water partition coefficient (Wildman–Crippen LogP) is 1.86. The molecule has 0 aromatic heterocycles. The first-order chi connectivity index (χ1) is 8.50. The van der Waals surface area contributed by atoms with Gasteiger partial charge in [0.1, 0.15) is 5.75 Å². The van der Waals surface area contributed by atoms with Crippen molar-refractivity contribution in [1.82, 2.24) is 5.32 Å². The highest BCUT2D eigenvalue weighted by molar-refractivity contribution is 9.10. The number of hydrogen-bond donors (Lipinski definition) is 1. The number of nitrogens with one attached hydrogen (secondary N) is 1. The van der Waals surface area contributed by atoms with Gasteiger partial charge < -0.3 is 10.1 Å². The predicted molar refractivity (Wildman–Crippen MR) is 74.2 cm³/mol. The number of sulfone groups is 1. The first kappa shape index (κ1) is 13.6. The van der Waals surface area contributed by atoms with Gasteiger partial charge in [-0.2, -0.15) is 0 Å². The van der Waals surface area contributed by atoms with Crippen LogP contribution in [0, 0.1) is 0 Å².